The van der Waals surface area contributed by atoms with Crippen LogP contribution in [0.1, 0.15) is 12.0 Å². The first kappa shape index (κ1) is 12.8. The number of anilines is 1. The van der Waals surface area contributed by atoms with Gasteiger partial charge in [-0.3, -0.25) is 4.79 Å². The van der Waals surface area contributed by atoms with Gasteiger partial charge < -0.3 is 4.90 Å². The third kappa shape index (κ3) is 3.19. The molecule has 1 unspecified atom stereocenters. The van der Waals surface area contributed by atoms with E-state index in [2.05, 4.69) is 31.0 Å². The lowest BCUT2D eigenvalue weighted by atomic mass is 10.1. The Morgan fingerprint density at radius 1 is 1.41 bits per heavy atom. The van der Waals surface area contributed by atoms with Crippen molar-refractivity contribution >= 4 is 36.0 Å². The van der Waals surface area contributed by atoms with Crippen LogP contribution >= 0.6 is 24.4 Å². The van der Waals surface area contributed by atoms with Crippen LogP contribution in [0.5, 0.6) is 0 Å². The maximum absolute atomic E-state index is 11.7. The van der Waals surface area contributed by atoms with Crippen LogP contribution in [-0.4, -0.2) is 29.7 Å². The monoisotopic (exact) mass is 267 g/mol. The lowest BCUT2D eigenvalue weighted by molar-refractivity contribution is -0.117. The fraction of sp³-hybridized carbons (Fsp3) is 0.462. The number of carbonyl (C=O) groups excluding carboxylic acids is 1. The van der Waals surface area contributed by atoms with E-state index in [1.807, 2.05) is 28.8 Å². The summed E-state index contributed by atoms with van der Waals surface area (Å²) in [7, 11) is 0. The molecule has 0 N–H and O–H groups in total. The Labute approximate surface area is 112 Å². The molecule has 1 aliphatic rings. The zero-order chi connectivity index (χ0) is 12.3. The molecule has 1 aromatic carbocycles. The van der Waals surface area contributed by atoms with Gasteiger partial charge in [-0.2, -0.15) is 24.4 Å². The summed E-state index contributed by atoms with van der Waals surface area (Å²) in [6, 6.07) is 8.31. The highest BCUT2D eigenvalue weighted by Crippen LogP contribution is 2.24. The standard InChI is InChI=1S/C13H17NOS2/c1-17-7-6-10-2-4-11(5-3-10)14-9-12(16)8-13(14)15/h2-5,12,16H,6-9H2,1H3. The second-order valence-corrected chi connectivity index (χ2v) is 5.99. The van der Waals surface area contributed by atoms with Gasteiger partial charge in [0, 0.05) is 23.9 Å². The molecule has 0 spiro atoms. The van der Waals surface area contributed by atoms with E-state index in [1.165, 1.54) is 5.56 Å². The lowest BCUT2D eigenvalue weighted by Gasteiger charge is -2.16. The van der Waals surface area contributed by atoms with E-state index in [0.717, 1.165) is 24.4 Å². The van der Waals surface area contributed by atoms with Crippen LogP contribution in [0.15, 0.2) is 24.3 Å². The number of hydrogen-bond acceptors (Lipinski definition) is 3. The summed E-state index contributed by atoms with van der Waals surface area (Å²) in [5.74, 6) is 1.32. The molecule has 0 aromatic heterocycles. The van der Waals surface area contributed by atoms with E-state index in [4.69, 9.17) is 0 Å². The molecule has 1 amide bonds. The first-order valence-electron chi connectivity index (χ1n) is 5.77. The summed E-state index contributed by atoms with van der Waals surface area (Å²) in [4.78, 5) is 13.5. The van der Waals surface area contributed by atoms with Gasteiger partial charge in [0.2, 0.25) is 5.91 Å². The van der Waals surface area contributed by atoms with Crippen molar-refractivity contribution in [2.45, 2.75) is 18.1 Å². The fourth-order valence-electron chi connectivity index (χ4n) is 2.00. The van der Waals surface area contributed by atoms with Gasteiger partial charge in [-0.15, -0.1) is 0 Å². The number of nitrogens with zero attached hydrogens (tertiary/aromatic N) is 1. The maximum atomic E-state index is 11.7. The molecule has 0 radical (unpaired) electrons. The van der Waals surface area contributed by atoms with E-state index in [0.29, 0.717) is 6.42 Å². The van der Waals surface area contributed by atoms with Crippen molar-refractivity contribution in [1.29, 1.82) is 0 Å². The summed E-state index contributed by atoms with van der Waals surface area (Å²) >= 11 is 6.21. The van der Waals surface area contributed by atoms with Crippen LogP contribution in [-0.2, 0) is 11.2 Å². The molecule has 92 valence electrons. The second-order valence-electron chi connectivity index (χ2n) is 4.27. The zero-order valence-corrected chi connectivity index (χ0v) is 11.6. The molecule has 1 saturated heterocycles. The Morgan fingerprint density at radius 2 is 2.12 bits per heavy atom. The fourth-order valence-corrected chi connectivity index (χ4v) is 2.76. The van der Waals surface area contributed by atoms with Crippen LogP contribution in [0.4, 0.5) is 5.69 Å². The van der Waals surface area contributed by atoms with Crippen molar-refractivity contribution in [2.75, 3.05) is 23.5 Å². The number of hydrogen-bond donors (Lipinski definition) is 1. The first-order chi connectivity index (χ1) is 8.20. The van der Waals surface area contributed by atoms with Crippen molar-refractivity contribution in [3.8, 4) is 0 Å². The van der Waals surface area contributed by atoms with Crippen LogP contribution in [0.25, 0.3) is 0 Å². The minimum absolute atomic E-state index is 0.179. The normalized spacial score (nSPS) is 20.0. The quantitative estimate of drug-likeness (QED) is 0.846. The van der Waals surface area contributed by atoms with Crippen LogP contribution < -0.4 is 4.90 Å². The molecule has 1 aliphatic heterocycles. The minimum atomic E-state index is 0.179. The zero-order valence-electron chi connectivity index (χ0n) is 9.93. The van der Waals surface area contributed by atoms with Crippen LogP contribution in [0.2, 0.25) is 0 Å². The first-order valence-corrected chi connectivity index (χ1v) is 7.68. The number of thioether (sulfide) groups is 1. The second kappa shape index (κ2) is 5.83. The molecule has 1 fully saturated rings. The van der Waals surface area contributed by atoms with E-state index in [-0.39, 0.29) is 11.2 Å². The number of aryl methyl sites for hydroxylation is 1. The number of amides is 1. The Bertz CT molecular complexity index is 391. The molecule has 2 nitrogen and oxygen atoms in total. The van der Waals surface area contributed by atoms with Crippen molar-refractivity contribution in [3.63, 3.8) is 0 Å². The van der Waals surface area contributed by atoms with E-state index >= 15 is 0 Å². The van der Waals surface area contributed by atoms with Crippen LogP contribution in [0, 0.1) is 0 Å². The maximum Gasteiger partial charge on any atom is 0.228 e. The van der Waals surface area contributed by atoms with Gasteiger partial charge in [-0.25, -0.2) is 0 Å². The molecule has 0 saturated carbocycles. The third-order valence-electron chi connectivity index (χ3n) is 2.95. The molecule has 1 atom stereocenters. The minimum Gasteiger partial charge on any atom is -0.311 e. The van der Waals surface area contributed by atoms with Crippen molar-refractivity contribution in [1.82, 2.24) is 0 Å². The molecule has 1 aromatic rings. The number of benzene rings is 1. The van der Waals surface area contributed by atoms with Crippen molar-refractivity contribution in [2.24, 2.45) is 0 Å². The highest BCUT2D eigenvalue weighted by molar-refractivity contribution is 7.98. The Morgan fingerprint density at radius 3 is 2.65 bits per heavy atom. The smallest absolute Gasteiger partial charge is 0.228 e. The third-order valence-corrected chi connectivity index (χ3v) is 3.91. The van der Waals surface area contributed by atoms with Crippen molar-refractivity contribution < 1.29 is 4.79 Å². The highest BCUT2D eigenvalue weighted by atomic mass is 32.2. The lowest BCUT2D eigenvalue weighted by Crippen LogP contribution is -2.24. The van der Waals surface area contributed by atoms with Gasteiger partial charge in [0.1, 0.15) is 0 Å². The van der Waals surface area contributed by atoms with E-state index in [9.17, 15) is 4.79 Å². The van der Waals surface area contributed by atoms with E-state index in [1.54, 1.807) is 0 Å². The number of thiol groups is 1. The van der Waals surface area contributed by atoms with Gasteiger partial charge in [0.25, 0.3) is 0 Å². The molecular formula is C13H17NOS2. The van der Waals surface area contributed by atoms with Gasteiger partial charge in [0.05, 0.1) is 0 Å². The largest absolute Gasteiger partial charge is 0.311 e. The van der Waals surface area contributed by atoms with Crippen molar-refractivity contribution in [3.05, 3.63) is 29.8 Å². The summed E-state index contributed by atoms with van der Waals surface area (Å²) in [6.45, 7) is 0.728. The van der Waals surface area contributed by atoms with Gasteiger partial charge >= 0.3 is 0 Å². The molecule has 1 heterocycles. The molecular weight excluding hydrogens is 250 g/mol. The van der Waals surface area contributed by atoms with Crippen LogP contribution in [0.3, 0.4) is 0 Å². The Balaban J connectivity index is 2.05. The molecule has 17 heavy (non-hydrogen) atoms. The van der Waals surface area contributed by atoms with Gasteiger partial charge in [-0.1, -0.05) is 12.1 Å². The van der Waals surface area contributed by atoms with E-state index < -0.39 is 0 Å². The summed E-state index contributed by atoms with van der Waals surface area (Å²) in [6.07, 6.45) is 3.76. The predicted octanol–water partition coefficient (Wildman–Crippen LogP) is 2.63. The topological polar surface area (TPSA) is 20.3 Å². The van der Waals surface area contributed by atoms with Gasteiger partial charge in [-0.05, 0) is 36.1 Å². The highest BCUT2D eigenvalue weighted by Gasteiger charge is 2.27. The SMILES string of the molecule is CSCCc1ccc(N2CC(S)CC2=O)cc1. The molecule has 2 rings (SSSR count). The Kier molecular flexibility index (Phi) is 4.40. The number of rotatable bonds is 4. The summed E-state index contributed by atoms with van der Waals surface area (Å²) in [5.41, 5.74) is 2.33. The molecule has 4 heteroatoms. The molecule has 0 aliphatic carbocycles. The predicted molar refractivity (Wildman–Crippen MR) is 78.3 cm³/mol. The number of carbonyl (C=O) groups is 1. The Hall–Kier alpha value is -0.610. The average molecular weight is 267 g/mol. The summed E-state index contributed by atoms with van der Waals surface area (Å²) < 4.78 is 0. The average Bonchev–Trinajstić information content (AvgIpc) is 2.66. The molecule has 0 bridgehead atoms. The van der Waals surface area contributed by atoms with Gasteiger partial charge in [0.15, 0.2) is 0 Å². The summed E-state index contributed by atoms with van der Waals surface area (Å²) in [5, 5.41) is 0.179.